The molecular formula is C13H12O4. The summed E-state index contributed by atoms with van der Waals surface area (Å²) in [6.45, 7) is 3.09. The van der Waals surface area contributed by atoms with E-state index in [-0.39, 0.29) is 0 Å². The topological polar surface area (TPSA) is 60.4 Å². The second kappa shape index (κ2) is 4.13. The Kier molecular flexibility index (Phi) is 2.79. The van der Waals surface area contributed by atoms with Gasteiger partial charge in [0.25, 0.3) is 0 Å². The van der Waals surface area contributed by atoms with Gasteiger partial charge in [0.15, 0.2) is 0 Å². The maximum absolute atomic E-state index is 12.0. The van der Waals surface area contributed by atoms with Crippen LogP contribution in [-0.4, -0.2) is 23.6 Å². The molecule has 1 aromatic carbocycles. The fraction of sp³-hybridized carbons (Fsp3) is 0.308. The summed E-state index contributed by atoms with van der Waals surface area (Å²) in [7, 11) is 0. The van der Waals surface area contributed by atoms with Crippen LogP contribution in [0.2, 0.25) is 0 Å². The van der Waals surface area contributed by atoms with E-state index in [4.69, 9.17) is 4.74 Å². The molecular weight excluding hydrogens is 220 g/mol. The maximum Gasteiger partial charge on any atom is 0.303 e. The standard InChI is InChI=1S/C13H12O4/c1-3-8-5-4-6-9-10(8)12(16)13(11(9)15)17-7(2)14/h4-6,13H,3H2,1-2H3. The van der Waals surface area contributed by atoms with Gasteiger partial charge in [0.05, 0.1) is 0 Å². The van der Waals surface area contributed by atoms with E-state index in [1.807, 2.05) is 6.92 Å². The Hall–Kier alpha value is -1.97. The Morgan fingerprint density at radius 2 is 2.00 bits per heavy atom. The second-order valence-corrected chi connectivity index (χ2v) is 3.91. The number of benzene rings is 1. The Morgan fingerprint density at radius 1 is 1.29 bits per heavy atom. The highest BCUT2D eigenvalue weighted by molar-refractivity contribution is 6.29. The van der Waals surface area contributed by atoms with Gasteiger partial charge >= 0.3 is 5.97 Å². The summed E-state index contributed by atoms with van der Waals surface area (Å²) < 4.78 is 4.78. The molecule has 1 aliphatic carbocycles. The molecule has 0 fully saturated rings. The minimum atomic E-state index is -1.28. The third kappa shape index (κ3) is 1.75. The number of hydrogen-bond donors (Lipinski definition) is 0. The first kappa shape index (κ1) is 11.5. The van der Waals surface area contributed by atoms with Crippen LogP contribution in [0.25, 0.3) is 0 Å². The molecule has 1 unspecified atom stereocenters. The smallest absolute Gasteiger partial charge is 0.303 e. The van der Waals surface area contributed by atoms with Crippen molar-refractivity contribution in [1.82, 2.24) is 0 Å². The van der Waals surface area contributed by atoms with Gasteiger partial charge in [0, 0.05) is 18.1 Å². The predicted octanol–water partition coefficient (Wildman–Crippen LogP) is 1.56. The molecule has 88 valence electrons. The summed E-state index contributed by atoms with van der Waals surface area (Å²) in [6, 6.07) is 5.14. The zero-order valence-corrected chi connectivity index (χ0v) is 9.65. The van der Waals surface area contributed by atoms with E-state index in [1.165, 1.54) is 6.92 Å². The highest BCUT2D eigenvalue weighted by atomic mass is 16.5. The van der Waals surface area contributed by atoms with Crippen LogP contribution < -0.4 is 0 Å². The number of ether oxygens (including phenoxy) is 1. The summed E-state index contributed by atoms with van der Waals surface area (Å²) in [4.78, 5) is 34.8. The predicted molar refractivity (Wildman–Crippen MR) is 60.0 cm³/mol. The summed E-state index contributed by atoms with van der Waals surface area (Å²) >= 11 is 0. The number of carbonyl (C=O) groups is 3. The molecule has 0 saturated heterocycles. The van der Waals surface area contributed by atoms with Crippen molar-refractivity contribution in [3.05, 3.63) is 34.9 Å². The van der Waals surface area contributed by atoms with E-state index in [9.17, 15) is 14.4 Å². The number of aryl methyl sites for hydroxylation is 1. The summed E-state index contributed by atoms with van der Waals surface area (Å²) in [5.74, 6) is -1.45. The lowest BCUT2D eigenvalue weighted by Crippen LogP contribution is -2.27. The third-order valence-electron chi connectivity index (χ3n) is 2.80. The minimum absolute atomic E-state index is 0.362. The normalized spacial score (nSPS) is 18.1. The fourth-order valence-electron chi connectivity index (χ4n) is 2.06. The Labute approximate surface area is 98.6 Å². The van der Waals surface area contributed by atoms with Crippen LogP contribution >= 0.6 is 0 Å². The molecule has 0 saturated carbocycles. The van der Waals surface area contributed by atoms with Crippen LogP contribution in [0.5, 0.6) is 0 Å². The molecule has 2 rings (SSSR count). The van der Waals surface area contributed by atoms with Crippen LogP contribution in [0.3, 0.4) is 0 Å². The van der Waals surface area contributed by atoms with E-state index in [2.05, 4.69) is 0 Å². The number of rotatable bonds is 2. The van der Waals surface area contributed by atoms with Crippen LogP contribution in [0.1, 0.15) is 40.1 Å². The number of esters is 1. The summed E-state index contributed by atoms with van der Waals surface area (Å²) in [5.41, 5.74) is 1.59. The van der Waals surface area contributed by atoms with Crippen LogP contribution in [0.4, 0.5) is 0 Å². The van der Waals surface area contributed by atoms with E-state index >= 15 is 0 Å². The minimum Gasteiger partial charge on any atom is -0.446 e. The number of carbonyl (C=O) groups excluding carboxylic acids is 3. The average molecular weight is 232 g/mol. The molecule has 0 N–H and O–H groups in total. The molecule has 1 aliphatic rings. The van der Waals surface area contributed by atoms with Crippen molar-refractivity contribution in [1.29, 1.82) is 0 Å². The number of fused-ring (bicyclic) bond motifs is 1. The number of Topliss-reactive ketones (excluding diaryl/α,β-unsaturated/α-hetero) is 2. The zero-order chi connectivity index (χ0) is 12.6. The largest absolute Gasteiger partial charge is 0.446 e. The molecule has 17 heavy (non-hydrogen) atoms. The monoisotopic (exact) mass is 232 g/mol. The Morgan fingerprint density at radius 3 is 2.59 bits per heavy atom. The molecule has 0 amide bonds. The van der Waals surface area contributed by atoms with Crippen molar-refractivity contribution < 1.29 is 19.1 Å². The fourth-order valence-corrected chi connectivity index (χ4v) is 2.06. The van der Waals surface area contributed by atoms with Crippen molar-refractivity contribution in [2.45, 2.75) is 26.4 Å². The molecule has 1 atom stereocenters. The van der Waals surface area contributed by atoms with Gasteiger partial charge in [-0.25, -0.2) is 0 Å². The van der Waals surface area contributed by atoms with Gasteiger partial charge in [0.1, 0.15) is 0 Å². The number of hydrogen-bond acceptors (Lipinski definition) is 4. The van der Waals surface area contributed by atoms with Gasteiger partial charge in [-0.2, -0.15) is 0 Å². The molecule has 0 radical (unpaired) electrons. The molecule has 1 aromatic rings. The summed E-state index contributed by atoms with van der Waals surface area (Å²) in [5, 5.41) is 0. The van der Waals surface area contributed by atoms with Crippen molar-refractivity contribution in [3.8, 4) is 0 Å². The van der Waals surface area contributed by atoms with Gasteiger partial charge in [-0.05, 0) is 12.0 Å². The van der Waals surface area contributed by atoms with Gasteiger partial charge in [-0.3, -0.25) is 14.4 Å². The van der Waals surface area contributed by atoms with Crippen LogP contribution in [-0.2, 0) is 16.0 Å². The third-order valence-corrected chi connectivity index (χ3v) is 2.80. The van der Waals surface area contributed by atoms with E-state index < -0.39 is 23.6 Å². The van der Waals surface area contributed by atoms with E-state index in [0.29, 0.717) is 17.5 Å². The van der Waals surface area contributed by atoms with Gasteiger partial charge in [-0.1, -0.05) is 25.1 Å². The van der Waals surface area contributed by atoms with E-state index in [0.717, 1.165) is 5.56 Å². The highest BCUT2D eigenvalue weighted by Crippen LogP contribution is 2.27. The molecule has 4 heteroatoms. The number of ketones is 2. The van der Waals surface area contributed by atoms with Crippen molar-refractivity contribution in [2.75, 3.05) is 0 Å². The van der Waals surface area contributed by atoms with Gasteiger partial charge in [-0.15, -0.1) is 0 Å². The van der Waals surface area contributed by atoms with Gasteiger partial charge < -0.3 is 4.74 Å². The Balaban J connectivity index is 2.49. The first-order valence-corrected chi connectivity index (χ1v) is 5.43. The second-order valence-electron chi connectivity index (χ2n) is 3.91. The maximum atomic E-state index is 12.0. The van der Waals surface area contributed by atoms with E-state index in [1.54, 1.807) is 18.2 Å². The lowest BCUT2D eigenvalue weighted by molar-refractivity contribution is -0.142. The van der Waals surface area contributed by atoms with Crippen molar-refractivity contribution in [3.63, 3.8) is 0 Å². The SMILES string of the molecule is CCc1cccc2c1C(=O)C(OC(C)=O)C2=O. The molecule has 0 aromatic heterocycles. The first-order chi connectivity index (χ1) is 8.06. The molecule has 0 aliphatic heterocycles. The molecule has 0 heterocycles. The molecule has 4 nitrogen and oxygen atoms in total. The quantitative estimate of drug-likeness (QED) is 0.573. The molecule has 0 spiro atoms. The molecule has 0 bridgehead atoms. The van der Waals surface area contributed by atoms with Crippen LogP contribution in [0, 0.1) is 0 Å². The first-order valence-electron chi connectivity index (χ1n) is 5.43. The van der Waals surface area contributed by atoms with Crippen LogP contribution in [0.15, 0.2) is 18.2 Å². The Bertz CT molecular complexity index is 516. The zero-order valence-electron chi connectivity index (χ0n) is 9.65. The highest BCUT2D eigenvalue weighted by Gasteiger charge is 2.41. The summed E-state index contributed by atoms with van der Waals surface area (Å²) in [6.07, 6.45) is -0.621. The van der Waals surface area contributed by atoms with Gasteiger partial charge in [0.2, 0.25) is 17.7 Å². The van der Waals surface area contributed by atoms with Crippen molar-refractivity contribution in [2.24, 2.45) is 0 Å². The lowest BCUT2D eigenvalue weighted by Gasteiger charge is -2.06. The average Bonchev–Trinajstić information content (AvgIpc) is 2.54. The van der Waals surface area contributed by atoms with Crippen molar-refractivity contribution >= 4 is 17.5 Å². The lowest BCUT2D eigenvalue weighted by atomic mass is 10.0.